The van der Waals surface area contributed by atoms with E-state index in [1.165, 1.54) is 6.92 Å². The lowest BCUT2D eigenvalue weighted by Gasteiger charge is -2.09. The number of carbonyl (C=O) groups is 2. The van der Waals surface area contributed by atoms with Crippen LogP contribution in [-0.4, -0.2) is 29.7 Å². The molecule has 1 rings (SSSR count). The summed E-state index contributed by atoms with van der Waals surface area (Å²) in [5, 5.41) is 19.7. The van der Waals surface area contributed by atoms with Crippen molar-refractivity contribution in [2.45, 2.75) is 19.4 Å². The van der Waals surface area contributed by atoms with Crippen LogP contribution in [0.2, 0.25) is 0 Å². The normalized spacial score (nSPS) is 11.4. The zero-order chi connectivity index (χ0) is 14.3. The first kappa shape index (κ1) is 14.7. The van der Waals surface area contributed by atoms with E-state index in [2.05, 4.69) is 5.32 Å². The van der Waals surface area contributed by atoms with E-state index in [-0.39, 0.29) is 6.61 Å². The van der Waals surface area contributed by atoms with Crippen molar-refractivity contribution < 1.29 is 19.4 Å². The number of carbonyl (C=O) groups excluding carboxylic acids is 1. The highest BCUT2D eigenvalue weighted by atomic mass is 16.5. The summed E-state index contributed by atoms with van der Waals surface area (Å²) in [6.07, 6.45) is -0.711. The summed E-state index contributed by atoms with van der Waals surface area (Å²) in [7, 11) is 0. The number of nitriles is 1. The second-order valence-electron chi connectivity index (χ2n) is 3.87. The molecule has 0 bridgehead atoms. The molecule has 0 saturated carbocycles. The van der Waals surface area contributed by atoms with Gasteiger partial charge in [0, 0.05) is 5.69 Å². The molecule has 1 amide bonds. The van der Waals surface area contributed by atoms with Gasteiger partial charge in [0.15, 0.2) is 6.10 Å². The van der Waals surface area contributed by atoms with E-state index < -0.39 is 18.0 Å². The zero-order valence-corrected chi connectivity index (χ0v) is 10.4. The summed E-state index contributed by atoms with van der Waals surface area (Å²) in [5.74, 6) is -1.55. The molecule has 1 aromatic carbocycles. The molecule has 2 N–H and O–H groups in total. The van der Waals surface area contributed by atoms with Crippen molar-refractivity contribution in [1.82, 2.24) is 0 Å². The minimum Gasteiger partial charge on any atom is -0.479 e. The largest absolute Gasteiger partial charge is 0.479 e. The minimum atomic E-state index is -1.12. The first-order chi connectivity index (χ1) is 9.02. The van der Waals surface area contributed by atoms with Gasteiger partial charge < -0.3 is 15.2 Å². The molecule has 6 heteroatoms. The van der Waals surface area contributed by atoms with Crippen molar-refractivity contribution in [3.63, 3.8) is 0 Å². The summed E-state index contributed by atoms with van der Waals surface area (Å²) in [5.41, 5.74) is 1.43. The molecular weight excluding hydrogens is 248 g/mol. The van der Waals surface area contributed by atoms with Gasteiger partial charge in [-0.05, 0) is 24.6 Å². The Morgan fingerprint density at radius 2 is 2.05 bits per heavy atom. The molecule has 0 aromatic heterocycles. The molecule has 0 aliphatic carbocycles. The Morgan fingerprint density at radius 1 is 1.42 bits per heavy atom. The quantitative estimate of drug-likeness (QED) is 0.802. The number of hydrogen-bond donors (Lipinski definition) is 2. The van der Waals surface area contributed by atoms with E-state index in [9.17, 15) is 9.59 Å². The number of anilines is 1. The number of carboxylic acids is 1. The first-order valence-corrected chi connectivity index (χ1v) is 5.63. The zero-order valence-electron chi connectivity index (χ0n) is 10.4. The molecule has 0 radical (unpaired) electrons. The first-order valence-electron chi connectivity index (χ1n) is 5.63. The number of nitrogens with zero attached hydrogens (tertiary/aromatic N) is 1. The van der Waals surface area contributed by atoms with Crippen LogP contribution < -0.4 is 5.32 Å². The Hall–Kier alpha value is -2.39. The summed E-state index contributed by atoms with van der Waals surface area (Å²) < 4.78 is 4.85. The SMILES string of the molecule is C[C@@H](OCC(=O)Nc1ccc(CC#N)cc1)C(=O)O. The number of ether oxygens (including phenoxy) is 1. The van der Waals surface area contributed by atoms with Crippen LogP contribution in [0.15, 0.2) is 24.3 Å². The maximum absolute atomic E-state index is 11.5. The molecule has 6 nitrogen and oxygen atoms in total. The van der Waals surface area contributed by atoms with Crippen LogP contribution in [0.1, 0.15) is 12.5 Å². The molecule has 0 spiro atoms. The van der Waals surface area contributed by atoms with E-state index in [1.54, 1.807) is 24.3 Å². The third kappa shape index (κ3) is 5.19. The van der Waals surface area contributed by atoms with Crippen molar-refractivity contribution >= 4 is 17.6 Å². The van der Waals surface area contributed by atoms with Crippen molar-refractivity contribution in [3.05, 3.63) is 29.8 Å². The van der Waals surface area contributed by atoms with Crippen molar-refractivity contribution in [3.8, 4) is 6.07 Å². The second-order valence-corrected chi connectivity index (χ2v) is 3.87. The number of amides is 1. The van der Waals surface area contributed by atoms with E-state index in [0.29, 0.717) is 12.1 Å². The predicted octanol–water partition coefficient (Wildman–Crippen LogP) is 1.18. The third-order valence-corrected chi connectivity index (χ3v) is 2.33. The monoisotopic (exact) mass is 262 g/mol. The Kier molecular flexibility index (Phi) is 5.51. The van der Waals surface area contributed by atoms with Gasteiger partial charge in [-0.1, -0.05) is 12.1 Å². The number of carboxylic acid groups (broad SMARTS) is 1. The van der Waals surface area contributed by atoms with Crippen LogP contribution in [0.5, 0.6) is 0 Å². The maximum Gasteiger partial charge on any atom is 0.332 e. The molecule has 0 heterocycles. The van der Waals surface area contributed by atoms with Gasteiger partial charge in [0.2, 0.25) is 5.91 Å². The minimum absolute atomic E-state index is 0.313. The fourth-order valence-corrected chi connectivity index (χ4v) is 1.27. The van der Waals surface area contributed by atoms with Crippen molar-refractivity contribution in [2.75, 3.05) is 11.9 Å². The van der Waals surface area contributed by atoms with Crippen LogP contribution >= 0.6 is 0 Å². The van der Waals surface area contributed by atoms with Crippen LogP contribution in [0, 0.1) is 11.3 Å². The van der Waals surface area contributed by atoms with Crippen molar-refractivity contribution in [2.24, 2.45) is 0 Å². The lowest BCUT2D eigenvalue weighted by atomic mass is 10.1. The standard InChI is InChI=1S/C13H14N2O4/c1-9(13(17)18)19-8-12(16)15-11-4-2-10(3-5-11)6-7-14/h2-5,9H,6,8H2,1H3,(H,15,16)(H,17,18)/t9-/m1/s1. The lowest BCUT2D eigenvalue weighted by Crippen LogP contribution is -2.26. The highest BCUT2D eigenvalue weighted by Crippen LogP contribution is 2.09. The molecule has 19 heavy (non-hydrogen) atoms. The van der Waals surface area contributed by atoms with Gasteiger partial charge in [-0.2, -0.15) is 5.26 Å². The van der Waals surface area contributed by atoms with Gasteiger partial charge in [-0.25, -0.2) is 4.79 Å². The highest BCUT2D eigenvalue weighted by Gasteiger charge is 2.13. The van der Waals surface area contributed by atoms with E-state index >= 15 is 0 Å². The molecule has 0 saturated heterocycles. The highest BCUT2D eigenvalue weighted by molar-refractivity contribution is 5.91. The van der Waals surface area contributed by atoms with Crippen LogP contribution in [0.25, 0.3) is 0 Å². The fourth-order valence-electron chi connectivity index (χ4n) is 1.27. The summed E-state index contributed by atoms with van der Waals surface area (Å²) in [4.78, 5) is 22.0. The smallest absolute Gasteiger partial charge is 0.332 e. The number of aliphatic carboxylic acids is 1. The average Bonchev–Trinajstić information content (AvgIpc) is 2.38. The lowest BCUT2D eigenvalue weighted by molar-refractivity contribution is -0.150. The average molecular weight is 262 g/mol. The summed E-state index contributed by atoms with van der Waals surface area (Å²) in [6, 6.07) is 8.84. The summed E-state index contributed by atoms with van der Waals surface area (Å²) in [6.45, 7) is 1.03. The Morgan fingerprint density at radius 3 is 2.58 bits per heavy atom. The van der Waals surface area contributed by atoms with E-state index in [4.69, 9.17) is 15.1 Å². The Labute approximate surface area is 110 Å². The predicted molar refractivity (Wildman–Crippen MR) is 67.4 cm³/mol. The van der Waals surface area contributed by atoms with Gasteiger partial charge in [0.05, 0.1) is 12.5 Å². The fraction of sp³-hybridized carbons (Fsp3) is 0.308. The molecule has 1 atom stereocenters. The van der Waals surface area contributed by atoms with E-state index in [1.807, 2.05) is 6.07 Å². The summed E-state index contributed by atoms with van der Waals surface area (Å²) >= 11 is 0. The number of rotatable bonds is 6. The van der Waals surface area contributed by atoms with Crippen LogP contribution in [0.4, 0.5) is 5.69 Å². The Balaban J connectivity index is 2.44. The number of hydrogen-bond acceptors (Lipinski definition) is 4. The van der Waals surface area contributed by atoms with Gasteiger partial charge in [0.1, 0.15) is 6.61 Å². The van der Waals surface area contributed by atoms with Crippen LogP contribution in [-0.2, 0) is 20.7 Å². The molecule has 0 aliphatic rings. The second kappa shape index (κ2) is 7.13. The van der Waals surface area contributed by atoms with E-state index in [0.717, 1.165) is 5.56 Å². The van der Waals surface area contributed by atoms with Gasteiger partial charge in [0.25, 0.3) is 0 Å². The molecule has 100 valence electrons. The van der Waals surface area contributed by atoms with Crippen molar-refractivity contribution in [1.29, 1.82) is 5.26 Å². The molecule has 1 aromatic rings. The van der Waals surface area contributed by atoms with Gasteiger partial charge in [-0.3, -0.25) is 4.79 Å². The molecular formula is C13H14N2O4. The molecule has 0 aliphatic heterocycles. The van der Waals surface area contributed by atoms with Gasteiger partial charge >= 0.3 is 5.97 Å². The maximum atomic E-state index is 11.5. The number of nitrogens with one attached hydrogen (secondary N) is 1. The topological polar surface area (TPSA) is 99.4 Å². The van der Waals surface area contributed by atoms with Gasteiger partial charge in [-0.15, -0.1) is 0 Å². The molecule has 0 unspecified atom stereocenters. The van der Waals surface area contributed by atoms with Crippen LogP contribution in [0.3, 0.4) is 0 Å². The molecule has 0 fully saturated rings. The Bertz CT molecular complexity index is 490. The number of benzene rings is 1. The third-order valence-electron chi connectivity index (χ3n) is 2.33.